The number of aromatic nitrogens is 1. The third-order valence-electron chi connectivity index (χ3n) is 2.44. The van der Waals surface area contributed by atoms with Gasteiger partial charge >= 0.3 is 0 Å². The van der Waals surface area contributed by atoms with E-state index in [0.717, 1.165) is 11.6 Å². The Balaban J connectivity index is 2.69. The average molecular weight is 268 g/mol. The summed E-state index contributed by atoms with van der Waals surface area (Å²) in [6.45, 7) is 0. The Labute approximate surface area is 112 Å². The van der Waals surface area contributed by atoms with Crippen LogP contribution in [0.3, 0.4) is 0 Å². The maximum Gasteiger partial charge on any atom is 0.241 e. The minimum atomic E-state index is -0.479. The lowest BCUT2D eigenvalue weighted by molar-refractivity contribution is -0.117. The van der Waals surface area contributed by atoms with Gasteiger partial charge in [0.2, 0.25) is 5.91 Å². The number of carbonyl (C=O) groups excluding carboxylic acids is 1. The third kappa shape index (κ3) is 4.19. The molecule has 0 aliphatic rings. The zero-order valence-corrected chi connectivity index (χ0v) is 11.8. The van der Waals surface area contributed by atoms with E-state index in [-0.39, 0.29) is 5.91 Å². The maximum absolute atomic E-state index is 11.9. The fourth-order valence-corrected chi connectivity index (χ4v) is 1.94. The van der Waals surface area contributed by atoms with E-state index in [4.69, 9.17) is 5.73 Å². The van der Waals surface area contributed by atoms with Gasteiger partial charge in [-0.05, 0) is 30.6 Å². The molecule has 6 heteroatoms. The molecular formula is C12H20N4OS. The van der Waals surface area contributed by atoms with Crippen molar-refractivity contribution < 1.29 is 4.79 Å². The fourth-order valence-electron chi connectivity index (χ4n) is 1.45. The van der Waals surface area contributed by atoms with Crippen LogP contribution in [0.15, 0.2) is 18.3 Å². The van der Waals surface area contributed by atoms with Crippen LogP contribution >= 0.6 is 11.8 Å². The first-order valence-electron chi connectivity index (χ1n) is 5.74. The smallest absolute Gasteiger partial charge is 0.241 e. The molecule has 100 valence electrons. The van der Waals surface area contributed by atoms with Gasteiger partial charge in [-0.25, -0.2) is 4.98 Å². The van der Waals surface area contributed by atoms with E-state index in [1.807, 2.05) is 31.3 Å². The van der Waals surface area contributed by atoms with E-state index >= 15 is 0 Å². The van der Waals surface area contributed by atoms with Crippen molar-refractivity contribution in [2.75, 3.05) is 36.3 Å². The number of amides is 1. The number of thioether (sulfide) groups is 1. The number of nitrogens with one attached hydrogen (secondary N) is 1. The minimum Gasteiger partial charge on any atom is -0.361 e. The molecule has 5 nitrogen and oxygen atoms in total. The molecule has 1 amide bonds. The Kier molecular flexibility index (Phi) is 5.94. The average Bonchev–Trinajstić information content (AvgIpc) is 2.36. The quantitative estimate of drug-likeness (QED) is 0.810. The molecule has 0 aromatic carbocycles. The molecule has 1 aromatic rings. The molecule has 1 aromatic heterocycles. The van der Waals surface area contributed by atoms with Gasteiger partial charge in [-0.2, -0.15) is 11.8 Å². The number of rotatable bonds is 6. The summed E-state index contributed by atoms with van der Waals surface area (Å²) in [6, 6.07) is 3.13. The lowest BCUT2D eigenvalue weighted by Crippen LogP contribution is -2.36. The minimum absolute atomic E-state index is 0.167. The van der Waals surface area contributed by atoms with Crippen LogP contribution in [0.2, 0.25) is 0 Å². The Bertz CT molecular complexity index is 397. The zero-order valence-electron chi connectivity index (χ0n) is 11.0. The van der Waals surface area contributed by atoms with E-state index in [0.29, 0.717) is 12.1 Å². The second-order valence-electron chi connectivity index (χ2n) is 4.15. The number of hydrogen-bond acceptors (Lipinski definition) is 5. The number of carbonyl (C=O) groups is 1. The van der Waals surface area contributed by atoms with Crippen molar-refractivity contribution in [3.63, 3.8) is 0 Å². The van der Waals surface area contributed by atoms with Crippen LogP contribution in [0.4, 0.5) is 11.5 Å². The SMILES string of the molecule is CSCC[C@H](N)C(=O)Nc1cccnc1N(C)C. The number of anilines is 2. The molecule has 0 aliphatic heterocycles. The van der Waals surface area contributed by atoms with Crippen molar-refractivity contribution in [2.24, 2.45) is 5.73 Å². The van der Waals surface area contributed by atoms with E-state index in [9.17, 15) is 4.79 Å². The predicted molar refractivity (Wildman–Crippen MR) is 78.2 cm³/mol. The van der Waals surface area contributed by atoms with E-state index in [1.165, 1.54) is 0 Å². The Morgan fingerprint density at radius 2 is 2.33 bits per heavy atom. The lowest BCUT2D eigenvalue weighted by atomic mass is 10.2. The second-order valence-corrected chi connectivity index (χ2v) is 5.13. The molecule has 0 fully saturated rings. The van der Waals surface area contributed by atoms with Crippen LogP contribution < -0.4 is 16.0 Å². The molecule has 0 saturated carbocycles. The van der Waals surface area contributed by atoms with Crippen LogP contribution in [0, 0.1) is 0 Å². The molecule has 3 N–H and O–H groups in total. The summed E-state index contributed by atoms with van der Waals surface area (Å²) >= 11 is 1.68. The number of pyridine rings is 1. The van der Waals surface area contributed by atoms with Crippen molar-refractivity contribution >= 4 is 29.2 Å². The number of hydrogen-bond donors (Lipinski definition) is 2. The highest BCUT2D eigenvalue weighted by molar-refractivity contribution is 7.98. The van der Waals surface area contributed by atoms with Crippen LogP contribution in [0.5, 0.6) is 0 Å². The van der Waals surface area contributed by atoms with Gasteiger partial charge in [-0.15, -0.1) is 0 Å². The van der Waals surface area contributed by atoms with Gasteiger partial charge in [0, 0.05) is 20.3 Å². The molecule has 1 rings (SSSR count). The summed E-state index contributed by atoms with van der Waals surface area (Å²) in [6.07, 6.45) is 4.36. The zero-order chi connectivity index (χ0) is 13.5. The van der Waals surface area contributed by atoms with Crippen molar-refractivity contribution in [3.05, 3.63) is 18.3 Å². The van der Waals surface area contributed by atoms with Crippen LogP contribution in [0.1, 0.15) is 6.42 Å². The number of nitrogens with two attached hydrogens (primary N) is 1. The molecular weight excluding hydrogens is 248 g/mol. The van der Waals surface area contributed by atoms with Crippen LogP contribution in [-0.4, -0.2) is 43.0 Å². The normalized spacial score (nSPS) is 12.0. The van der Waals surface area contributed by atoms with Gasteiger partial charge in [-0.3, -0.25) is 4.79 Å². The van der Waals surface area contributed by atoms with Gasteiger partial charge in [0.1, 0.15) is 0 Å². The highest BCUT2D eigenvalue weighted by Crippen LogP contribution is 2.20. The standard InChI is InChI=1S/C12H20N4OS/c1-16(2)11-10(5-4-7-14-11)15-12(17)9(13)6-8-18-3/h4-5,7,9H,6,8,13H2,1-3H3,(H,15,17)/t9-/m0/s1. The fraction of sp³-hybridized carbons (Fsp3) is 0.500. The molecule has 0 saturated heterocycles. The van der Waals surface area contributed by atoms with E-state index in [2.05, 4.69) is 10.3 Å². The highest BCUT2D eigenvalue weighted by Gasteiger charge is 2.15. The largest absolute Gasteiger partial charge is 0.361 e. The van der Waals surface area contributed by atoms with Gasteiger partial charge in [-0.1, -0.05) is 0 Å². The number of nitrogens with zero attached hydrogens (tertiary/aromatic N) is 2. The van der Waals surface area contributed by atoms with Crippen molar-refractivity contribution in [3.8, 4) is 0 Å². The molecule has 0 spiro atoms. The summed E-state index contributed by atoms with van der Waals surface area (Å²) < 4.78 is 0. The molecule has 0 aliphatic carbocycles. The van der Waals surface area contributed by atoms with Crippen LogP contribution in [-0.2, 0) is 4.79 Å². The van der Waals surface area contributed by atoms with E-state index in [1.54, 1.807) is 24.0 Å². The lowest BCUT2D eigenvalue weighted by Gasteiger charge is -2.17. The Morgan fingerprint density at radius 1 is 1.61 bits per heavy atom. The highest BCUT2D eigenvalue weighted by atomic mass is 32.2. The molecule has 0 unspecified atom stereocenters. The first-order chi connectivity index (χ1) is 8.56. The summed E-state index contributed by atoms with van der Waals surface area (Å²) in [7, 11) is 3.76. The molecule has 18 heavy (non-hydrogen) atoms. The molecule has 1 atom stereocenters. The van der Waals surface area contributed by atoms with Crippen LogP contribution in [0.25, 0.3) is 0 Å². The predicted octanol–water partition coefficient (Wildman–Crippen LogP) is 1.17. The Morgan fingerprint density at radius 3 is 2.94 bits per heavy atom. The van der Waals surface area contributed by atoms with Crippen molar-refractivity contribution in [1.82, 2.24) is 4.98 Å². The van der Waals surface area contributed by atoms with Gasteiger partial charge in [0.25, 0.3) is 0 Å². The summed E-state index contributed by atoms with van der Waals surface area (Å²) in [5.41, 5.74) is 6.51. The first kappa shape index (κ1) is 14.8. The Hall–Kier alpha value is -1.27. The topological polar surface area (TPSA) is 71.2 Å². The summed E-state index contributed by atoms with van der Waals surface area (Å²) in [5, 5.41) is 2.82. The van der Waals surface area contributed by atoms with Crippen molar-refractivity contribution in [2.45, 2.75) is 12.5 Å². The van der Waals surface area contributed by atoms with Gasteiger partial charge in [0.05, 0.1) is 11.7 Å². The second kappa shape index (κ2) is 7.23. The maximum atomic E-state index is 11.9. The summed E-state index contributed by atoms with van der Waals surface area (Å²) in [5.74, 6) is 1.44. The molecule has 0 bridgehead atoms. The van der Waals surface area contributed by atoms with Gasteiger partial charge in [0.15, 0.2) is 5.82 Å². The first-order valence-corrected chi connectivity index (χ1v) is 7.13. The molecule has 1 heterocycles. The molecule has 0 radical (unpaired) electrons. The monoisotopic (exact) mass is 268 g/mol. The summed E-state index contributed by atoms with van der Waals surface area (Å²) in [4.78, 5) is 18.0. The van der Waals surface area contributed by atoms with E-state index < -0.39 is 6.04 Å². The van der Waals surface area contributed by atoms with Crippen molar-refractivity contribution in [1.29, 1.82) is 0 Å². The van der Waals surface area contributed by atoms with Gasteiger partial charge < -0.3 is 16.0 Å². The third-order valence-corrected chi connectivity index (χ3v) is 3.08.